The third-order valence-electron chi connectivity index (χ3n) is 3.32. The number of methoxy groups -OCH3 is 1. The predicted molar refractivity (Wildman–Crippen MR) is 89.0 cm³/mol. The number of nitrogens with zero attached hydrogens (tertiary/aromatic N) is 2. The van der Waals surface area contributed by atoms with E-state index in [1.165, 1.54) is 30.6 Å². The quantitative estimate of drug-likeness (QED) is 0.420. The number of aromatic amines is 1. The predicted octanol–water partition coefficient (Wildman–Crippen LogP) is 2.26. The van der Waals surface area contributed by atoms with Gasteiger partial charge in [-0.2, -0.15) is 0 Å². The van der Waals surface area contributed by atoms with Crippen molar-refractivity contribution < 1.29 is 19.2 Å². The fraction of sp³-hybridized carbons (Fsp3) is 0.133. The maximum atomic E-state index is 12.1. The molecule has 0 aliphatic rings. The summed E-state index contributed by atoms with van der Waals surface area (Å²) >= 11 is 1.26. The largest absolute Gasteiger partial charge is 0.490 e. The summed E-state index contributed by atoms with van der Waals surface area (Å²) < 4.78 is 10.4. The number of ether oxygens (including phenoxy) is 2. The lowest BCUT2D eigenvalue weighted by molar-refractivity contribution is -0.385. The van der Waals surface area contributed by atoms with E-state index >= 15 is 0 Å². The van der Waals surface area contributed by atoms with Crippen LogP contribution in [0.2, 0.25) is 0 Å². The first-order chi connectivity index (χ1) is 12.0. The summed E-state index contributed by atoms with van der Waals surface area (Å²) in [5.74, 6) is -0.554. The van der Waals surface area contributed by atoms with Crippen LogP contribution in [0.25, 0.3) is 10.2 Å². The van der Waals surface area contributed by atoms with Gasteiger partial charge < -0.3 is 14.5 Å². The monoisotopic (exact) mass is 361 g/mol. The molecule has 0 fully saturated rings. The number of nitro groups is 1. The van der Waals surface area contributed by atoms with Gasteiger partial charge in [-0.15, -0.1) is 11.3 Å². The van der Waals surface area contributed by atoms with Gasteiger partial charge in [-0.25, -0.2) is 9.78 Å². The maximum Gasteiger partial charge on any atom is 0.338 e. The van der Waals surface area contributed by atoms with Crippen LogP contribution >= 0.6 is 11.3 Å². The second-order valence-electron chi connectivity index (χ2n) is 4.87. The number of fused-ring (bicyclic) bond motifs is 1. The van der Waals surface area contributed by atoms with Crippen LogP contribution < -0.4 is 10.3 Å². The number of thiophene rings is 1. The third-order valence-corrected chi connectivity index (χ3v) is 4.22. The maximum absolute atomic E-state index is 12.1. The van der Waals surface area contributed by atoms with E-state index in [-0.39, 0.29) is 35.0 Å². The average Bonchev–Trinajstić information content (AvgIpc) is 3.08. The van der Waals surface area contributed by atoms with Gasteiger partial charge in [0.15, 0.2) is 5.75 Å². The van der Waals surface area contributed by atoms with Crippen molar-refractivity contribution in [3.8, 4) is 5.75 Å². The number of nitrogens with one attached hydrogen (secondary N) is 1. The molecule has 0 radical (unpaired) electrons. The Morgan fingerprint density at radius 2 is 2.20 bits per heavy atom. The van der Waals surface area contributed by atoms with Crippen molar-refractivity contribution in [3.63, 3.8) is 0 Å². The Morgan fingerprint density at radius 1 is 1.40 bits per heavy atom. The third kappa shape index (κ3) is 3.33. The van der Waals surface area contributed by atoms with Crippen molar-refractivity contribution in [1.82, 2.24) is 9.97 Å². The summed E-state index contributed by atoms with van der Waals surface area (Å²) in [6.07, 6.45) is 0. The van der Waals surface area contributed by atoms with Crippen molar-refractivity contribution in [2.45, 2.75) is 6.61 Å². The van der Waals surface area contributed by atoms with Gasteiger partial charge in [0, 0.05) is 6.07 Å². The molecule has 0 aliphatic carbocycles. The molecule has 0 saturated heterocycles. The first-order valence-electron chi connectivity index (χ1n) is 6.95. The fourth-order valence-electron chi connectivity index (χ4n) is 2.17. The highest BCUT2D eigenvalue weighted by Crippen LogP contribution is 2.27. The Hall–Kier alpha value is -3.27. The molecule has 9 nitrogen and oxygen atoms in total. The number of hydrogen-bond acceptors (Lipinski definition) is 8. The first kappa shape index (κ1) is 16.6. The van der Waals surface area contributed by atoms with Crippen molar-refractivity contribution in [1.29, 1.82) is 0 Å². The number of hydrogen-bond donors (Lipinski definition) is 1. The molecule has 2 aromatic heterocycles. The van der Waals surface area contributed by atoms with Gasteiger partial charge in [0.1, 0.15) is 17.1 Å². The molecule has 3 rings (SSSR count). The van der Waals surface area contributed by atoms with Crippen LogP contribution in [-0.2, 0) is 11.3 Å². The number of carbonyl (C=O) groups is 1. The molecule has 25 heavy (non-hydrogen) atoms. The number of rotatable bonds is 5. The summed E-state index contributed by atoms with van der Waals surface area (Å²) in [6.45, 7) is -0.264. The number of carbonyl (C=O) groups excluding carboxylic acids is 1. The standard InChI is InChI=1S/C15H11N3O6S/c1-23-11-3-2-8(6-10(11)18(21)22)15(20)24-7-12-16-9-4-5-25-13(9)14(19)17-12/h2-6H,7H2,1H3,(H,16,17,19). The Labute approximate surface area is 144 Å². The van der Waals surface area contributed by atoms with Crippen LogP contribution in [0, 0.1) is 10.1 Å². The van der Waals surface area contributed by atoms with Gasteiger partial charge in [0.05, 0.1) is 23.1 Å². The highest BCUT2D eigenvalue weighted by molar-refractivity contribution is 7.17. The van der Waals surface area contributed by atoms with Gasteiger partial charge in [0.2, 0.25) is 0 Å². The van der Waals surface area contributed by atoms with Crippen molar-refractivity contribution in [2.24, 2.45) is 0 Å². The topological polar surface area (TPSA) is 124 Å². The molecule has 128 valence electrons. The van der Waals surface area contributed by atoms with E-state index in [9.17, 15) is 19.7 Å². The van der Waals surface area contributed by atoms with Crippen LogP contribution in [0.15, 0.2) is 34.4 Å². The van der Waals surface area contributed by atoms with E-state index in [0.717, 1.165) is 6.07 Å². The Kier molecular flexibility index (Phi) is 4.44. The SMILES string of the molecule is COc1ccc(C(=O)OCc2nc3ccsc3c(=O)[nH]2)cc1[N+](=O)[O-]. The van der Waals surface area contributed by atoms with Crippen molar-refractivity contribution >= 4 is 33.2 Å². The van der Waals surface area contributed by atoms with Crippen LogP contribution in [0.4, 0.5) is 5.69 Å². The summed E-state index contributed by atoms with van der Waals surface area (Å²) in [6, 6.07) is 5.42. The normalized spacial score (nSPS) is 10.6. The molecule has 0 amide bonds. The Balaban J connectivity index is 1.79. The molecule has 1 aromatic carbocycles. The summed E-state index contributed by atoms with van der Waals surface area (Å²) in [5.41, 5.74) is -0.152. The second-order valence-corrected chi connectivity index (χ2v) is 5.78. The van der Waals surface area contributed by atoms with Gasteiger partial charge in [-0.05, 0) is 23.6 Å². The van der Waals surface area contributed by atoms with E-state index in [2.05, 4.69) is 9.97 Å². The van der Waals surface area contributed by atoms with E-state index in [1.807, 2.05) is 0 Å². The van der Waals surface area contributed by atoms with Crippen LogP contribution in [0.5, 0.6) is 5.75 Å². The molecule has 3 aromatic rings. The number of benzene rings is 1. The van der Waals surface area contributed by atoms with Crippen molar-refractivity contribution in [2.75, 3.05) is 7.11 Å². The summed E-state index contributed by atoms with van der Waals surface area (Å²) in [5, 5.41) is 12.7. The van der Waals surface area contributed by atoms with E-state index in [4.69, 9.17) is 9.47 Å². The van der Waals surface area contributed by atoms with Crippen LogP contribution in [0.3, 0.4) is 0 Å². The van der Waals surface area contributed by atoms with Crippen LogP contribution in [-0.4, -0.2) is 28.0 Å². The molecule has 0 aliphatic heterocycles. The van der Waals surface area contributed by atoms with Gasteiger partial charge in [0.25, 0.3) is 5.56 Å². The molecule has 1 N–H and O–H groups in total. The minimum Gasteiger partial charge on any atom is -0.490 e. The zero-order valence-corrected chi connectivity index (χ0v) is 13.7. The summed E-state index contributed by atoms with van der Waals surface area (Å²) in [7, 11) is 1.29. The van der Waals surface area contributed by atoms with Gasteiger partial charge >= 0.3 is 11.7 Å². The highest BCUT2D eigenvalue weighted by atomic mass is 32.1. The lowest BCUT2D eigenvalue weighted by Crippen LogP contribution is -2.13. The van der Waals surface area contributed by atoms with Crippen molar-refractivity contribution in [3.05, 3.63) is 61.5 Å². The minimum atomic E-state index is -0.779. The Bertz CT molecular complexity index is 1030. The minimum absolute atomic E-state index is 0.00791. The number of nitro benzene ring substituents is 1. The van der Waals surface area contributed by atoms with Gasteiger partial charge in [-0.1, -0.05) is 0 Å². The molecule has 2 heterocycles. The smallest absolute Gasteiger partial charge is 0.338 e. The number of esters is 1. The van der Waals surface area contributed by atoms with E-state index in [0.29, 0.717) is 10.2 Å². The lowest BCUT2D eigenvalue weighted by atomic mass is 10.2. The zero-order chi connectivity index (χ0) is 18.0. The molecular weight excluding hydrogens is 350 g/mol. The Morgan fingerprint density at radius 3 is 2.92 bits per heavy atom. The second kappa shape index (κ2) is 6.69. The molecule has 0 bridgehead atoms. The molecule has 0 saturated carbocycles. The average molecular weight is 361 g/mol. The molecule has 0 atom stereocenters. The summed E-state index contributed by atoms with van der Waals surface area (Å²) in [4.78, 5) is 41.0. The fourth-order valence-corrected chi connectivity index (χ4v) is 2.89. The molecule has 10 heteroatoms. The van der Waals surface area contributed by atoms with Crippen LogP contribution in [0.1, 0.15) is 16.2 Å². The molecular formula is C15H11N3O6S. The number of H-pyrrole nitrogens is 1. The molecule has 0 spiro atoms. The van der Waals surface area contributed by atoms with E-state index < -0.39 is 10.9 Å². The number of aromatic nitrogens is 2. The van der Waals surface area contributed by atoms with E-state index in [1.54, 1.807) is 11.4 Å². The zero-order valence-electron chi connectivity index (χ0n) is 12.8. The first-order valence-corrected chi connectivity index (χ1v) is 7.83. The molecule has 0 unspecified atom stereocenters. The lowest BCUT2D eigenvalue weighted by Gasteiger charge is -2.06. The van der Waals surface area contributed by atoms with Gasteiger partial charge in [-0.3, -0.25) is 14.9 Å². The highest BCUT2D eigenvalue weighted by Gasteiger charge is 2.19.